The molecule has 1 aromatic carbocycles. The third-order valence-electron chi connectivity index (χ3n) is 7.55. The van der Waals surface area contributed by atoms with Crippen molar-refractivity contribution in [1.29, 1.82) is 0 Å². The van der Waals surface area contributed by atoms with Crippen molar-refractivity contribution < 1.29 is 4.57 Å². The van der Waals surface area contributed by atoms with E-state index in [9.17, 15) is 0 Å². The highest BCUT2D eigenvalue weighted by atomic mass is 15.1. The quantitative estimate of drug-likeness (QED) is 0.110. The Balaban J connectivity index is 1.70. The van der Waals surface area contributed by atoms with Crippen molar-refractivity contribution in [2.24, 2.45) is 0 Å². The van der Waals surface area contributed by atoms with Crippen molar-refractivity contribution in [3.05, 3.63) is 48.5 Å². The molecular formula is C33H57N2+. The van der Waals surface area contributed by atoms with Crippen LogP contribution in [0.5, 0.6) is 0 Å². The first-order valence-electron chi connectivity index (χ1n) is 15.5. The minimum atomic E-state index is 1.17. The Bertz CT molecular complexity index is 718. The van der Waals surface area contributed by atoms with Crippen LogP contribution in [-0.4, -0.2) is 4.57 Å². The molecule has 0 aliphatic rings. The Labute approximate surface area is 218 Å². The van der Waals surface area contributed by atoms with Gasteiger partial charge in [0.2, 0.25) is 0 Å². The van der Waals surface area contributed by atoms with Gasteiger partial charge in [0.1, 0.15) is 18.1 Å². The number of hydrogen-bond acceptors (Lipinski definition) is 0. The minimum Gasteiger partial charge on any atom is -0.234 e. The second kappa shape index (κ2) is 20.6. The number of imidazole rings is 1. The Hall–Kier alpha value is -1.57. The third kappa shape index (κ3) is 13.3. The summed E-state index contributed by atoms with van der Waals surface area (Å²) in [7, 11) is 0. The predicted octanol–water partition coefficient (Wildman–Crippen LogP) is 10.1. The first-order valence-corrected chi connectivity index (χ1v) is 15.5. The summed E-state index contributed by atoms with van der Waals surface area (Å²) in [6.07, 6.45) is 33.9. The average molecular weight is 482 g/mol. The van der Waals surface area contributed by atoms with Crippen LogP contribution >= 0.6 is 0 Å². The van der Waals surface area contributed by atoms with Crippen LogP contribution in [0.15, 0.2) is 42.7 Å². The Kier molecular flexibility index (Phi) is 17.5. The van der Waals surface area contributed by atoms with Gasteiger partial charge in [-0.05, 0) is 31.4 Å². The fraction of sp³-hybridized carbons (Fsp3) is 0.727. The minimum absolute atomic E-state index is 1.17. The molecule has 0 unspecified atom stereocenters. The Morgan fingerprint density at radius 2 is 1.00 bits per heavy atom. The highest BCUT2D eigenvalue weighted by Gasteiger charge is 2.18. The zero-order valence-corrected chi connectivity index (χ0v) is 23.5. The lowest BCUT2D eigenvalue weighted by Gasteiger charge is -2.07. The van der Waals surface area contributed by atoms with Crippen LogP contribution in [-0.2, 0) is 13.0 Å². The lowest BCUT2D eigenvalue weighted by Crippen LogP contribution is -2.37. The van der Waals surface area contributed by atoms with Crippen molar-refractivity contribution >= 4 is 0 Å². The van der Waals surface area contributed by atoms with E-state index >= 15 is 0 Å². The number of aromatic nitrogens is 2. The van der Waals surface area contributed by atoms with Gasteiger partial charge < -0.3 is 0 Å². The van der Waals surface area contributed by atoms with Gasteiger partial charge in [-0.25, -0.2) is 4.57 Å². The maximum atomic E-state index is 2.55. The molecule has 198 valence electrons. The molecule has 1 aromatic heterocycles. The van der Waals surface area contributed by atoms with Gasteiger partial charge in [0.05, 0.1) is 6.54 Å². The van der Waals surface area contributed by atoms with Gasteiger partial charge in [-0.2, -0.15) is 4.57 Å². The van der Waals surface area contributed by atoms with E-state index in [1.165, 1.54) is 153 Å². The zero-order chi connectivity index (χ0) is 24.8. The van der Waals surface area contributed by atoms with E-state index in [2.05, 4.69) is 65.7 Å². The van der Waals surface area contributed by atoms with Gasteiger partial charge in [0.25, 0.3) is 5.82 Å². The van der Waals surface area contributed by atoms with Crippen LogP contribution in [0, 0.1) is 0 Å². The van der Waals surface area contributed by atoms with E-state index in [1.54, 1.807) is 0 Å². The van der Waals surface area contributed by atoms with Crippen LogP contribution in [0.1, 0.15) is 148 Å². The molecule has 0 atom stereocenters. The fourth-order valence-corrected chi connectivity index (χ4v) is 5.29. The van der Waals surface area contributed by atoms with Crippen molar-refractivity contribution in [3.63, 3.8) is 0 Å². The number of nitrogens with zero attached hydrogens (tertiary/aromatic N) is 2. The number of benzene rings is 1. The van der Waals surface area contributed by atoms with Gasteiger partial charge in [-0.1, -0.05) is 141 Å². The largest absolute Gasteiger partial charge is 0.261 e. The van der Waals surface area contributed by atoms with Crippen LogP contribution in [0.2, 0.25) is 0 Å². The summed E-state index contributed by atoms with van der Waals surface area (Å²) in [5, 5.41) is 0. The van der Waals surface area contributed by atoms with Gasteiger partial charge >= 0.3 is 0 Å². The molecule has 0 spiro atoms. The molecule has 0 aliphatic carbocycles. The molecule has 0 amide bonds. The summed E-state index contributed by atoms with van der Waals surface area (Å²) in [5.41, 5.74) is 1.30. The van der Waals surface area contributed by atoms with Gasteiger partial charge in [-0.3, -0.25) is 0 Å². The normalized spacial score (nSPS) is 11.4. The maximum Gasteiger partial charge on any atom is 0.261 e. The molecule has 0 saturated heterocycles. The van der Waals surface area contributed by atoms with Crippen molar-refractivity contribution in [2.75, 3.05) is 0 Å². The molecule has 2 rings (SSSR count). The fourth-order valence-electron chi connectivity index (χ4n) is 5.29. The van der Waals surface area contributed by atoms with Crippen LogP contribution in [0.3, 0.4) is 0 Å². The molecule has 0 N–H and O–H groups in total. The summed E-state index contributed by atoms with van der Waals surface area (Å²) < 4.78 is 4.98. The third-order valence-corrected chi connectivity index (χ3v) is 7.55. The molecule has 0 saturated carbocycles. The van der Waals surface area contributed by atoms with E-state index in [4.69, 9.17) is 0 Å². The van der Waals surface area contributed by atoms with Crippen molar-refractivity contribution in [2.45, 2.75) is 155 Å². The predicted molar refractivity (Wildman–Crippen MR) is 153 cm³/mol. The average Bonchev–Trinajstić information content (AvgIpc) is 3.29. The highest BCUT2D eigenvalue weighted by molar-refractivity contribution is 5.31. The first-order chi connectivity index (χ1) is 17.4. The van der Waals surface area contributed by atoms with E-state index < -0.39 is 0 Å². The van der Waals surface area contributed by atoms with E-state index in [1.807, 2.05) is 0 Å². The first kappa shape index (κ1) is 29.7. The van der Waals surface area contributed by atoms with E-state index in [0.29, 0.717) is 0 Å². The second-order valence-corrected chi connectivity index (χ2v) is 10.7. The molecular weight excluding hydrogens is 424 g/mol. The summed E-state index contributed by atoms with van der Waals surface area (Å²) in [5.74, 6) is 1.49. The number of aryl methyl sites for hydroxylation is 1. The van der Waals surface area contributed by atoms with Crippen LogP contribution in [0.25, 0.3) is 5.69 Å². The van der Waals surface area contributed by atoms with Crippen molar-refractivity contribution in [1.82, 2.24) is 4.57 Å². The molecule has 35 heavy (non-hydrogen) atoms. The molecule has 2 aromatic rings. The van der Waals surface area contributed by atoms with Gasteiger partial charge in [0.15, 0.2) is 0 Å². The molecule has 0 bridgehead atoms. The number of para-hydroxylation sites is 1. The number of unbranched alkanes of at least 4 members (excludes halogenated alkanes) is 18. The Morgan fingerprint density at radius 3 is 1.51 bits per heavy atom. The smallest absolute Gasteiger partial charge is 0.234 e. The van der Waals surface area contributed by atoms with E-state index in [0.717, 1.165) is 0 Å². The Morgan fingerprint density at radius 1 is 0.543 bits per heavy atom. The van der Waals surface area contributed by atoms with Crippen LogP contribution < -0.4 is 4.57 Å². The highest BCUT2D eigenvalue weighted by Crippen LogP contribution is 2.15. The maximum absolute atomic E-state index is 2.55. The molecule has 0 aliphatic heterocycles. The molecule has 2 heteroatoms. The lowest BCUT2D eigenvalue weighted by atomic mass is 10.1. The monoisotopic (exact) mass is 481 g/mol. The zero-order valence-electron chi connectivity index (χ0n) is 23.5. The topological polar surface area (TPSA) is 8.81 Å². The van der Waals surface area contributed by atoms with Gasteiger partial charge in [-0.15, -0.1) is 0 Å². The van der Waals surface area contributed by atoms with Crippen LogP contribution in [0.4, 0.5) is 0 Å². The molecule has 0 radical (unpaired) electrons. The molecule has 1 heterocycles. The second-order valence-electron chi connectivity index (χ2n) is 10.7. The van der Waals surface area contributed by atoms with E-state index in [-0.39, 0.29) is 0 Å². The SMILES string of the molecule is CCCCCCCCCCCCCc1n(-c2ccccc2)cc[n+]1CCCCCCCCCCC. The van der Waals surface area contributed by atoms with Gasteiger partial charge in [0, 0.05) is 6.42 Å². The standard InChI is InChI=1S/C33H57N2/c1-3-5-7-9-11-13-14-15-17-19-24-28-33-34(29-25-20-18-16-12-10-8-6-4-2)30-31-35(33)32-26-22-21-23-27-32/h21-23,26-27,30-31H,3-20,24-25,28-29H2,1-2H3/q+1. The number of hydrogen-bond donors (Lipinski definition) is 0. The summed E-state index contributed by atoms with van der Waals surface area (Å²) in [6, 6.07) is 10.9. The lowest BCUT2D eigenvalue weighted by molar-refractivity contribution is -0.704. The molecule has 2 nitrogen and oxygen atoms in total. The summed E-state index contributed by atoms with van der Waals surface area (Å²) in [6.45, 7) is 5.77. The molecule has 0 fully saturated rings. The summed E-state index contributed by atoms with van der Waals surface area (Å²) in [4.78, 5) is 0. The van der Waals surface area contributed by atoms with Crippen molar-refractivity contribution in [3.8, 4) is 5.69 Å². The number of rotatable bonds is 23. The summed E-state index contributed by atoms with van der Waals surface area (Å²) >= 11 is 0.